The molecule has 3 heterocycles. The van der Waals surface area contributed by atoms with Crippen LogP contribution >= 0.6 is 0 Å². The molecule has 0 aromatic carbocycles. The van der Waals surface area contributed by atoms with Crippen molar-refractivity contribution >= 4 is 11.8 Å². The maximum atomic E-state index is 13.0. The van der Waals surface area contributed by atoms with Gasteiger partial charge in [0.1, 0.15) is 5.56 Å². The van der Waals surface area contributed by atoms with E-state index in [4.69, 9.17) is 0 Å². The first-order valence-corrected chi connectivity index (χ1v) is 9.83. The average Bonchev–Trinajstić information content (AvgIpc) is 2.72. The van der Waals surface area contributed by atoms with Gasteiger partial charge in [0.05, 0.1) is 12.5 Å². The van der Waals surface area contributed by atoms with Gasteiger partial charge in [-0.05, 0) is 36.1 Å². The highest BCUT2D eigenvalue weighted by Gasteiger charge is 2.31. The summed E-state index contributed by atoms with van der Waals surface area (Å²) in [6.07, 6.45) is -1.22. The van der Waals surface area contributed by atoms with Crippen molar-refractivity contribution in [1.82, 2.24) is 19.8 Å². The molecule has 1 unspecified atom stereocenters. The van der Waals surface area contributed by atoms with Crippen LogP contribution in [0.2, 0.25) is 0 Å². The lowest BCUT2D eigenvalue weighted by atomic mass is 9.95. The van der Waals surface area contributed by atoms with Crippen molar-refractivity contribution in [3.05, 3.63) is 63.3 Å². The summed E-state index contributed by atoms with van der Waals surface area (Å²) in [4.78, 5) is 43.2. The lowest BCUT2D eigenvalue weighted by Crippen LogP contribution is -2.41. The second-order valence-corrected chi connectivity index (χ2v) is 7.59. The van der Waals surface area contributed by atoms with Gasteiger partial charge in [0.25, 0.3) is 11.5 Å². The van der Waals surface area contributed by atoms with Gasteiger partial charge in [-0.25, -0.2) is 0 Å². The van der Waals surface area contributed by atoms with Gasteiger partial charge in [-0.3, -0.25) is 19.4 Å². The van der Waals surface area contributed by atoms with Crippen molar-refractivity contribution in [2.45, 2.75) is 44.9 Å². The molecule has 0 spiro atoms. The Morgan fingerprint density at radius 2 is 2.06 bits per heavy atom. The Bertz CT molecular complexity index is 1030. The monoisotopic (exact) mass is 436 g/mol. The summed E-state index contributed by atoms with van der Waals surface area (Å²) in [5.41, 5.74) is 1.41. The van der Waals surface area contributed by atoms with E-state index in [0.29, 0.717) is 11.1 Å². The van der Waals surface area contributed by atoms with Gasteiger partial charge in [0, 0.05) is 45.1 Å². The minimum atomic E-state index is -4.40. The Morgan fingerprint density at radius 1 is 1.32 bits per heavy atom. The quantitative estimate of drug-likeness (QED) is 0.781. The number of carbonyl (C=O) groups excluding carboxylic acids is 2. The number of aryl methyl sites for hydroxylation is 1. The first kappa shape index (κ1) is 22.5. The largest absolute Gasteiger partial charge is 0.389 e. The molecule has 0 fully saturated rings. The number of amides is 2. The first-order chi connectivity index (χ1) is 14.6. The molecule has 1 atom stereocenters. The third kappa shape index (κ3) is 5.31. The second-order valence-electron chi connectivity index (χ2n) is 7.59. The van der Waals surface area contributed by atoms with Gasteiger partial charge in [-0.2, -0.15) is 13.2 Å². The molecule has 1 aliphatic rings. The van der Waals surface area contributed by atoms with Gasteiger partial charge in [-0.15, -0.1) is 0 Å². The second kappa shape index (κ2) is 8.91. The SMILES string of the molecule is CC(NC(=O)c1c2c(cn(C)c1=O)CN(C(=O)CCC(F)(F)F)CC2)c1cccnc1. The number of nitrogens with zero attached hydrogens (tertiary/aromatic N) is 3. The Kier molecular flexibility index (Phi) is 6.47. The molecule has 31 heavy (non-hydrogen) atoms. The van der Waals surface area contributed by atoms with E-state index in [1.807, 2.05) is 0 Å². The Morgan fingerprint density at radius 3 is 2.71 bits per heavy atom. The van der Waals surface area contributed by atoms with Crippen LogP contribution in [-0.4, -0.2) is 39.0 Å². The number of rotatable bonds is 5. The van der Waals surface area contributed by atoms with Gasteiger partial charge >= 0.3 is 6.18 Å². The van der Waals surface area contributed by atoms with E-state index < -0.39 is 36.4 Å². The van der Waals surface area contributed by atoms with Crippen LogP contribution in [0, 0.1) is 0 Å². The zero-order chi connectivity index (χ0) is 22.8. The van der Waals surface area contributed by atoms with Crippen LogP contribution in [0.4, 0.5) is 13.2 Å². The summed E-state index contributed by atoms with van der Waals surface area (Å²) >= 11 is 0. The molecule has 10 heteroatoms. The predicted molar refractivity (Wildman–Crippen MR) is 106 cm³/mol. The first-order valence-electron chi connectivity index (χ1n) is 9.83. The van der Waals surface area contributed by atoms with Crippen LogP contribution in [0.1, 0.15) is 52.9 Å². The Hall–Kier alpha value is -3.17. The van der Waals surface area contributed by atoms with Crippen LogP contribution in [0.25, 0.3) is 0 Å². The molecule has 0 aliphatic carbocycles. The average molecular weight is 436 g/mol. The standard InChI is InChI=1S/C21H23F3N4O3/c1-13(14-4-3-8-25-10-14)26-19(30)18-16-6-9-28(17(29)5-7-21(22,23)24)12-15(16)11-27(2)20(18)31/h3-4,8,10-11,13H,5-7,9,12H2,1-2H3,(H,26,30). The topological polar surface area (TPSA) is 84.3 Å². The maximum Gasteiger partial charge on any atom is 0.389 e. The molecule has 0 saturated carbocycles. The molecule has 1 aliphatic heterocycles. The minimum Gasteiger partial charge on any atom is -0.345 e. The number of fused-ring (bicyclic) bond motifs is 1. The van der Waals surface area contributed by atoms with Crippen molar-refractivity contribution in [3.8, 4) is 0 Å². The highest BCUT2D eigenvalue weighted by atomic mass is 19.4. The molecule has 0 bridgehead atoms. The Labute approximate surface area is 176 Å². The molecule has 2 aromatic heterocycles. The normalized spacial score (nSPS) is 14.7. The van der Waals surface area contributed by atoms with E-state index in [2.05, 4.69) is 10.3 Å². The molecule has 166 valence electrons. The number of nitrogens with one attached hydrogen (secondary N) is 1. The van der Waals surface area contributed by atoms with Gasteiger partial charge < -0.3 is 14.8 Å². The summed E-state index contributed by atoms with van der Waals surface area (Å²) < 4.78 is 38.5. The van der Waals surface area contributed by atoms with E-state index in [1.54, 1.807) is 31.5 Å². The molecular formula is C21H23F3N4O3. The Balaban J connectivity index is 1.81. The summed E-state index contributed by atoms with van der Waals surface area (Å²) in [6, 6.07) is 3.16. The fourth-order valence-corrected chi connectivity index (χ4v) is 3.63. The summed E-state index contributed by atoms with van der Waals surface area (Å²) in [5, 5.41) is 2.80. The minimum absolute atomic E-state index is 0.00173. The van der Waals surface area contributed by atoms with Crippen LogP contribution in [-0.2, 0) is 24.8 Å². The number of hydrogen-bond donors (Lipinski definition) is 1. The van der Waals surface area contributed by atoms with Crippen molar-refractivity contribution in [2.75, 3.05) is 6.54 Å². The number of halogens is 3. The van der Waals surface area contributed by atoms with Crippen molar-refractivity contribution in [1.29, 1.82) is 0 Å². The van der Waals surface area contributed by atoms with E-state index in [0.717, 1.165) is 5.56 Å². The fraction of sp³-hybridized carbons (Fsp3) is 0.429. The lowest BCUT2D eigenvalue weighted by molar-refractivity contribution is -0.149. The molecule has 2 aromatic rings. The molecule has 2 amide bonds. The number of carbonyl (C=O) groups is 2. The van der Waals surface area contributed by atoms with E-state index >= 15 is 0 Å². The van der Waals surface area contributed by atoms with Crippen molar-refractivity contribution < 1.29 is 22.8 Å². The number of alkyl halides is 3. The smallest absolute Gasteiger partial charge is 0.345 e. The molecule has 0 radical (unpaired) electrons. The number of aromatic nitrogens is 2. The summed E-state index contributed by atoms with van der Waals surface area (Å²) in [5.74, 6) is -1.14. The van der Waals surface area contributed by atoms with Crippen LogP contribution < -0.4 is 10.9 Å². The summed E-state index contributed by atoms with van der Waals surface area (Å²) in [7, 11) is 1.49. The molecule has 3 rings (SSSR count). The molecule has 0 saturated heterocycles. The highest BCUT2D eigenvalue weighted by molar-refractivity contribution is 5.96. The van der Waals surface area contributed by atoms with Crippen molar-refractivity contribution in [3.63, 3.8) is 0 Å². The van der Waals surface area contributed by atoms with Crippen LogP contribution in [0.3, 0.4) is 0 Å². The molecular weight excluding hydrogens is 413 g/mol. The van der Waals surface area contributed by atoms with Gasteiger partial charge in [-0.1, -0.05) is 6.07 Å². The third-order valence-corrected chi connectivity index (χ3v) is 5.30. The van der Waals surface area contributed by atoms with E-state index in [1.165, 1.54) is 22.7 Å². The van der Waals surface area contributed by atoms with Gasteiger partial charge in [0.15, 0.2) is 0 Å². The maximum absolute atomic E-state index is 13.0. The lowest BCUT2D eigenvalue weighted by Gasteiger charge is -2.30. The van der Waals surface area contributed by atoms with Crippen LogP contribution in [0.5, 0.6) is 0 Å². The van der Waals surface area contributed by atoms with Crippen LogP contribution in [0.15, 0.2) is 35.5 Å². The molecule has 7 nitrogen and oxygen atoms in total. The molecule has 1 N–H and O–H groups in total. The zero-order valence-corrected chi connectivity index (χ0v) is 17.2. The van der Waals surface area contributed by atoms with E-state index in [-0.39, 0.29) is 31.1 Å². The predicted octanol–water partition coefficient (Wildman–Crippen LogP) is 2.50. The van der Waals surface area contributed by atoms with E-state index in [9.17, 15) is 27.6 Å². The summed E-state index contributed by atoms with van der Waals surface area (Å²) in [6.45, 7) is 1.98. The highest BCUT2D eigenvalue weighted by Crippen LogP contribution is 2.25. The number of pyridine rings is 2. The third-order valence-electron chi connectivity index (χ3n) is 5.30. The number of hydrogen-bond acceptors (Lipinski definition) is 4. The van der Waals surface area contributed by atoms with Gasteiger partial charge in [0.2, 0.25) is 5.91 Å². The van der Waals surface area contributed by atoms with Crippen molar-refractivity contribution in [2.24, 2.45) is 7.05 Å². The zero-order valence-electron chi connectivity index (χ0n) is 17.2. The fourth-order valence-electron chi connectivity index (χ4n) is 3.63.